The van der Waals surface area contributed by atoms with Crippen LogP contribution in [0.25, 0.3) is 0 Å². The molecule has 1 fully saturated rings. The molecule has 1 unspecified atom stereocenters. The van der Waals surface area contributed by atoms with Gasteiger partial charge >= 0.3 is 0 Å². The molecule has 2 heterocycles. The van der Waals surface area contributed by atoms with E-state index in [4.69, 9.17) is 0 Å². The van der Waals surface area contributed by atoms with Crippen molar-refractivity contribution < 1.29 is 0 Å². The molecule has 1 atom stereocenters. The molecule has 0 aliphatic carbocycles. The first-order valence-electron chi connectivity index (χ1n) is 8.38. The fourth-order valence-electron chi connectivity index (χ4n) is 2.92. The Morgan fingerprint density at radius 1 is 1.39 bits per heavy atom. The molecule has 0 amide bonds. The third-order valence-corrected chi connectivity index (χ3v) is 4.09. The Kier molecular flexibility index (Phi) is 10.2. The van der Waals surface area contributed by atoms with Gasteiger partial charge in [-0.05, 0) is 44.0 Å². The standard InChI is InChI=1S/C17H29N5.HI/c1-3-11-22-12-8-15(14-22)13-21-17(18-2)20-10-7-16-6-4-5-9-19-16;/h4-6,9,15H,3,7-8,10-14H2,1-2H3,(H2,18,20,21);1H. The van der Waals surface area contributed by atoms with Crippen molar-refractivity contribution in [3.63, 3.8) is 0 Å². The zero-order valence-electron chi connectivity index (χ0n) is 14.3. The summed E-state index contributed by atoms with van der Waals surface area (Å²) < 4.78 is 0. The number of guanidine groups is 1. The van der Waals surface area contributed by atoms with Crippen molar-refractivity contribution in [2.75, 3.05) is 39.8 Å². The van der Waals surface area contributed by atoms with Crippen LogP contribution < -0.4 is 10.6 Å². The van der Waals surface area contributed by atoms with Crippen molar-refractivity contribution in [2.45, 2.75) is 26.2 Å². The number of rotatable bonds is 7. The molecular formula is C17H30IN5. The van der Waals surface area contributed by atoms with E-state index in [2.05, 4.69) is 38.5 Å². The van der Waals surface area contributed by atoms with Crippen molar-refractivity contribution in [3.8, 4) is 0 Å². The lowest BCUT2D eigenvalue weighted by Crippen LogP contribution is -2.41. The molecule has 0 spiro atoms. The van der Waals surface area contributed by atoms with Crippen LogP contribution in [0.1, 0.15) is 25.5 Å². The van der Waals surface area contributed by atoms with E-state index < -0.39 is 0 Å². The summed E-state index contributed by atoms with van der Waals surface area (Å²) in [5.74, 6) is 1.63. The Bertz CT molecular complexity index is 452. The van der Waals surface area contributed by atoms with Crippen molar-refractivity contribution in [1.29, 1.82) is 0 Å². The average Bonchev–Trinajstić information content (AvgIpc) is 3.00. The maximum absolute atomic E-state index is 4.33. The van der Waals surface area contributed by atoms with Gasteiger partial charge in [0.15, 0.2) is 5.96 Å². The van der Waals surface area contributed by atoms with Crippen LogP contribution in [-0.4, -0.2) is 55.6 Å². The molecule has 1 aromatic rings. The van der Waals surface area contributed by atoms with Gasteiger partial charge in [0.25, 0.3) is 0 Å². The number of nitrogens with one attached hydrogen (secondary N) is 2. The van der Waals surface area contributed by atoms with Gasteiger partial charge < -0.3 is 15.5 Å². The molecule has 0 aromatic carbocycles. The quantitative estimate of drug-likeness (QED) is 0.395. The maximum atomic E-state index is 4.33. The van der Waals surface area contributed by atoms with Gasteiger partial charge in [-0.1, -0.05) is 13.0 Å². The van der Waals surface area contributed by atoms with E-state index in [9.17, 15) is 0 Å². The van der Waals surface area contributed by atoms with Crippen LogP contribution >= 0.6 is 24.0 Å². The molecule has 1 aromatic heterocycles. The van der Waals surface area contributed by atoms with Gasteiger partial charge in [-0.3, -0.25) is 9.98 Å². The average molecular weight is 431 g/mol. The number of pyridine rings is 1. The first kappa shape index (κ1) is 20.2. The van der Waals surface area contributed by atoms with Crippen molar-refractivity contribution in [2.24, 2.45) is 10.9 Å². The van der Waals surface area contributed by atoms with Crippen molar-refractivity contribution in [1.82, 2.24) is 20.5 Å². The highest BCUT2D eigenvalue weighted by Crippen LogP contribution is 2.15. The third kappa shape index (κ3) is 7.48. The summed E-state index contributed by atoms with van der Waals surface area (Å²) in [7, 11) is 1.83. The molecule has 5 nitrogen and oxygen atoms in total. The highest BCUT2D eigenvalue weighted by atomic mass is 127. The van der Waals surface area contributed by atoms with Crippen LogP contribution in [0.15, 0.2) is 29.4 Å². The summed E-state index contributed by atoms with van der Waals surface area (Å²) in [6.07, 6.45) is 5.29. The molecule has 2 N–H and O–H groups in total. The van der Waals surface area contributed by atoms with Crippen LogP contribution in [0.4, 0.5) is 0 Å². The van der Waals surface area contributed by atoms with Gasteiger partial charge in [-0.15, -0.1) is 24.0 Å². The number of nitrogens with zero attached hydrogens (tertiary/aromatic N) is 3. The predicted molar refractivity (Wildman–Crippen MR) is 108 cm³/mol. The van der Waals surface area contributed by atoms with Crippen LogP contribution in [-0.2, 0) is 6.42 Å². The van der Waals surface area contributed by atoms with Crippen molar-refractivity contribution >= 4 is 29.9 Å². The Hall–Kier alpha value is -0.890. The molecule has 0 radical (unpaired) electrons. The smallest absolute Gasteiger partial charge is 0.190 e. The van der Waals surface area contributed by atoms with Crippen LogP contribution in [0.2, 0.25) is 0 Å². The normalized spacial score (nSPS) is 18.5. The highest BCUT2D eigenvalue weighted by molar-refractivity contribution is 14.0. The van der Waals surface area contributed by atoms with Gasteiger partial charge in [0.2, 0.25) is 0 Å². The molecule has 6 heteroatoms. The molecule has 23 heavy (non-hydrogen) atoms. The van der Waals surface area contributed by atoms with Crippen molar-refractivity contribution in [3.05, 3.63) is 30.1 Å². The van der Waals surface area contributed by atoms with E-state index in [1.165, 1.54) is 32.5 Å². The number of hydrogen-bond donors (Lipinski definition) is 2. The molecule has 1 saturated heterocycles. The lowest BCUT2D eigenvalue weighted by atomic mass is 10.1. The topological polar surface area (TPSA) is 52.5 Å². The summed E-state index contributed by atoms with van der Waals surface area (Å²) in [6.45, 7) is 7.79. The predicted octanol–water partition coefficient (Wildman–Crippen LogP) is 2.14. The molecule has 1 aliphatic heterocycles. The minimum absolute atomic E-state index is 0. The fourth-order valence-corrected chi connectivity index (χ4v) is 2.92. The second kappa shape index (κ2) is 11.6. The second-order valence-corrected chi connectivity index (χ2v) is 5.91. The fraction of sp³-hybridized carbons (Fsp3) is 0.647. The molecule has 0 saturated carbocycles. The number of aromatic nitrogens is 1. The number of hydrogen-bond acceptors (Lipinski definition) is 3. The summed E-state index contributed by atoms with van der Waals surface area (Å²) in [5, 5.41) is 6.82. The first-order chi connectivity index (χ1) is 10.8. The van der Waals surface area contributed by atoms with E-state index in [1.807, 2.05) is 25.4 Å². The van der Waals surface area contributed by atoms with Crippen LogP contribution in [0.5, 0.6) is 0 Å². The molecular weight excluding hydrogens is 401 g/mol. The van der Waals surface area contributed by atoms with Crippen LogP contribution in [0.3, 0.4) is 0 Å². The highest BCUT2D eigenvalue weighted by Gasteiger charge is 2.21. The minimum atomic E-state index is 0. The lowest BCUT2D eigenvalue weighted by Gasteiger charge is -2.17. The number of aliphatic imine (C=N–C) groups is 1. The SMILES string of the molecule is CCCN1CCC(CNC(=NC)NCCc2ccccn2)C1.I. The van der Waals surface area contributed by atoms with Gasteiger partial charge in [-0.2, -0.15) is 0 Å². The molecule has 2 rings (SSSR count). The Labute approximate surface area is 157 Å². The Balaban J connectivity index is 0.00000264. The second-order valence-electron chi connectivity index (χ2n) is 5.91. The van der Waals surface area contributed by atoms with E-state index in [0.29, 0.717) is 0 Å². The van der Waals surface area contributed by atoms with Gasteiger partial charge in [0.1, 0.15) is 0 Å². The number of halogens is 1. The van der Waals surface area contributed by atoms with E-state index >= 15 is 0 Å². The lowest BCUT2D eigenvalue weighted by molar-refractivity contribution is 0.324. The van der Waals surface area contributed by atoms with E-state index in [0.717, 1.165) is 37.1 Å². The van der Waals surface area contributed by atoms with Crippen LogP contribution in [0, 0.1) is 5.92 Å². The van der Waals surface area contributed by atoms with Gasteiger partial charge in [0, 0.05) is 45.0 Å². The third-order valence-electron chi connectivity index (χ3n) is 4.09. The summed E-state index contributed by atoms with van der Waals surface area (Å²) >= 11 is 0. The first-order valence-corrected chi connectivity index (χ1v) is 8.38. The number of likely N-dealkylation sites (tertiary alicyclic amines) is 1. The largest absolute Gasteiger partial charge is 0.356 e. The summed E-state index contributed by atoms with van der Waals surface area (Å²) in [5.41, 5.74) is 1.11. The maximum Gasteiger partial charge on any atom is 0.190 e. The monoisotopic (exact) mass is 431 g/mol. The molecule has 0 bridgehead atoms. The zero-order chi connectivity index (χ0) is 15.6. The Morgan fingerprint density at radius 3 is 2.96 bits per heavy atom. The Morgan fingerprint density at radius 2 is 2.26 bits per heavy atom. The zero-order valence-corrected chi connectivity index (χ0v) is 16.6. The van der Waals surface area contributed by atoms with Gasteiger partial charge in [-0.25, -0.2) is 0 Å². The molecule has 1 aliphatic rings. The summed E-state index contributed by atoms with van der Waals surface area (Å²) in [6, 6.07) is 6.02. The van der Waals surface area contributed by atoms with Gasteiger partial charge in [0.05, 0.1) is 0 Å². The van der Waals surface area contributed by atoms with E-state index in [1.54, 1.807) is 0 Å². The summed E-state index contributed by atoms with van der Waals surface area (Å²) in [4.78, 5) is 11.2. The molecule has 130 valence electrons. The van der Waals surface area contributed by atoms with E-state index in [-0.39, 0.29) is 24.0 Å². The minimum Gasteiger partial charge on any atom is -0.356 e.